The molecule has 2 aromatic carbocycles. The molecule has 1 amide bonds. The first kappa shape index (κ1) is 24.5. The van der Waals surface area contributed by atoms with Crippen LogP contribution in [-0.2, 0) is 9.53 Å². The van der Waals surface area contributed by atoms with Crippen LogP contribution >= 0.6 is 23.2 Å². The van der Waals surface area contributed by atoms with Crippen LogP contribution in [0.1, 0.15) is 67.3 Å². The van der Waals surface area contributed by atoms with E-state index in [0.29, 0.717) is 34.7 Å². The van der Waals surface area contributed by atoms with E-state index >= 15 is 0 Å². The second-order valence-electron chi connectivity index (χ2n) is 8.33. The van der Waals surface area contributed by atoms with Crippen molar-refractivity contribution in [3.63, 3.8) is 0 Å². The molecule has 4 rings (SSSR count). The zero-order valence-electron chi connectivity index (χ0n) is 19.2. The van der Waals surface area contributed by atoms with Crippen molar-refractivity contribution in [1.29, 1.82) is 0 Å². The van der Waals surface area contributed by atoms with Crippen molar-refractivity contribution in [2.45, 2.75) is 57.4 Å². The van der Waals surface area contributed by atoms with Crippen LogP contribution in [-0.4, -0.2) is 27.1 Å². The predicted octanol–water partition coefficient (Wildman–Crippen LogP) is 6.81. The molecule has 178 valence electrons. The Bertz CT molecular complexity index is 1150. The minimum Gasteiger partial charge on any atom is -0.423 e. The van der Waals surface area contributed by atoms with Crippen LogP contribution < -0.4 is 0 Å². The van der Waals surface area contributed by atoms with Gasteiger partial charge < -0.3 is 14.1 Å². The van der Waals surface area contributed by atoms with Gasteiger partial charge in [-0.15, -0.1) is 16.8 Å². The lowest BCUT2D eigenvalue weighted by Crippen LogP contribution is -2.52. The average molecular weight is 500 g/mol. The minimum atomic E-state index is -0.701. The molecule has 8 heteroatoms. The Morgan fingerprint density at radius 1 is 1.12 bits per heavy atom. The summed E-state index contributed by atoms with van der Waals surface area (Å²) in [5, 5.41) is 9.52. The summed E-state index contributed by atoms with van der Waals surface area (Å²) >= 11 is 12.5. The smallest absolute Gasteiger partial charge is 0.253 e. The largest absolute Gasteiger partial charge is 0.423 e. The second-order valence-corrected chi connectivity index (χ2v) is 9.20. The fourth-order valence-electron chi connectivity index (χ4n) is 4.46. The van der Waals surface area contributed by atoms with Gasteiger partial charge in [-0.1, -0.05) is 66.9 Å². The first-order valence-corrected chi connectivity index (χ1v) is 12.1. The maximum Gasteiger partial charge on any atom is 0.253 e. The number of morpholine rings is 1. The molecule has 1 unspecified atom stereocenters. The number of hydrogen-bond donors (Lipinski definition) is 0. The van der Waals surface area contributed by atoms with Crippen LogP contribution in [0.3, 0.4) is 0 Å². The number of ether oxygens (including phenoxy) is 1. The molecule has 0 saturated carbocycles. The molecule has 2 heterocycles. The molecular formula is C26H27Cl2N3O3. The molecule has 0 spiro atoms. The van der Waals surface area contributed by atoms with Crippen molar-refractivity contribution < 1.29 is 13.9 Å². The molecule has 1 aliphatic heterocycles. The number of aryl methyl sites for hydroxylation is 1. The van der Waals surface area contributed by atoms with Crippen molar-refractivity contribution in [3.05, 3.63) is 94.1 Å². The van der Waals surface area contributed by atoms with Gasteiger partial charge in [-0.2, -0.15) is 0 Å². The van der Waals surface area contributed by atoms with Crippen molar-refractivity contribution in [2.24, 2.45) is 0 Å². The topological polar surface area (TPSA) is 68.5 Å². The molecule has 0 N–H and O–H groups in total. The number of amides is 1. The van der Waals surface area contributed by atoms with Gasteiger partial charge in [0.15, 0.2) is 0 Å². The first-order chi connectivity index (χ1) is 16.4. The molecule has 34 heavy (non-hydrogen) atoms. The lowest BCUT2D eigenvalue weighted by atomic mass is 9.89. The molecule has 0 radical (unpaired) electrons. The Kier molecular flexibility index (Phi) is 7.71. The van der Waals surface area contributed by atoms with E-state index < -0.39 is 24.3 Å². The van der Waals surface area contributed by atoms with E-state index in [4.69, 9.17) is 32.4 Å². The van der Waals surface area contributed by atoms with Crippen molar-refractivity contribution in [2.75, 3.05) is 0 Å². The summed E-state index contributed by atoms with van der Waals surface area (Å²) < 4.78 is 12.3. The van der Waals surface area contributed by atoms with Crippen LogP contribution in [0.4, 0.5) is 0 Å². The van der Waals surface area contributed by atoms with Gasteiger partial charge in [0.1, 0.15) is 18.2 Å². The number of rotatable bonds is 8. The van der Waals surface area contributed by atoms with Gasteiger partial charge in [-0.05, 0) is 41.8 Å². The summed E-state index contributed by atoms with van der Waals surface area (Å²) in [6.07, 6.45) is 2.36. The molecule has 1 fully saturated rings. The number of benzene rings is 2. The predicted molar refractivity (Wildman–Crippen MR) is 132 cm³/mol. The Labute approximate surface area is 209 Å². The van der Waals surface area contributed by atoms with E-state index in [1.807, 2.05) is 53.4 Å². The van der Waals surface area contributed by atoms with Gasteiger partial charge in [0.2, 0.25) is 11.8 Å². The molecule has 0 bridgehead atoms. The van der Waals surface area contributed by atoms with Gasteiger partial charge in [0.05, 0.1) is 6.04 Å². The van der Waals surface area contributed by atoms with Crippen LogP contribution in [0.15, 0.2) is 65.6 Å². The third kappa shape index (κ3) is 5.04. The molecular weight excluding hydrogens is 473 g/mol. The molecule has 1 aliphatic rings. The SMILES string of the molecule is C=CC[C@@H]1O[C@@H](c2cccc(Cl)c2)[C@@H](c2ccc(Cl)cc2)N(C(CCC)c2nnc(C)o2)C1=O. The van der Waals surface area contributed by atoms with Crippen LogP contribution in [0.25, 0.3) is 0 Å². The lowest BCUT2D eigenvalue weighted by Gasteiger charge is -2.47. The molecule has 1 aromatic heterocycles. The van der Waals surface area contributed by atoms with Gasteiger partial charge in [0, 0.05) is 23.4 Å². The normalized spacial score (nSPS) is 21.5. The highest BCUT2D eigenvalue weighted by Crippen LogP contribution is 2.47. The summed E-state index contributed by atoms with van der Waals surface area (Å²) in [7, 11) is 0. The summed E-state index contributed by atoms with van der Waals surface area (Å²) in [5.41, 5.74) is 1.76. The average Bonchev–Trinajstić information content (AvgIpc) is 3.25. The van der Waals surface area contributed by atoms with E-state index in [1.54, 1.807) is 13.0 Å². The monoisotopic (exact) mass is 499 g/mol. The van der Waals surface area contributed by atoms with E-state index in [-0.39, 0.29) is 5.91 Å². The van der Waals surface area contributed by atoms with Gasteiger partial charge in [-0.3, -0.25) is 4.79 Å². The molecule has 4 atom stereocenters. The van der Waals surface area contributed by atoms with Crippen LogP contribution in [0.5, 0.6) is 0 Å². The molecule has 6 nitrogen and oxygen atoms in total. The third-order valence-electron chi connectivity index (χ3n) is 5.92. The number of nitrogens with zero attached hydrogens (tertiary/aromatic N) is 3. The number of hydrogen-bond acceptors (Lipinski definition) is 5. The standard InChI is InChI=1S/C26H27Cl2N3O3/c1-4-7-21(25-30-29-16(3)33-25)31-23(17-11-13-19(27)14-12-17)24(18-9-6-10-20(28)15-18)34-22(8-5-2)26(31)32/h5-6,9-15,21-24H,2,4,7-8H2,1,3H3/t21?,22-,23+,24-/m0/s1. The van der Waals surface area contributed by atoms with E-state index in [9.17, 15) is 4.79 Å². The third-order valence-corrected chi connectivity index (χ3v) is 6.41. The summed E-state index contributed by atoms with van der Waals surface area (Å²) in [6.45, 7) is 7.63. The highest BCUT2D eigenvalue weighted by atomic mass is 35.5. The zero-order valence-corrected chi connectivity index (χ0v) is 20.7. The van der Waals surface area contributed by atoms with Gasteiger partial charge in [0.25, 0.3) is 5.91 Å². The number of halogens is 2. The Hall–Kier alpha value is -2.67. The maximum absolute atomic E-state index is 13.9. The highest BCUT2D eigenvalue weighted by Gasteiger charge is 2.47. The molecule has 3 aromatic rings. The van der Waals surface area contributed by atoms with E-state index in [1.165, 1.54) is 0 Å². The van der Waals surface area contributed by atoms with Gasteiger partial charge >= 0.3 is 0 Å². The molecule has 1 saturated heterocycles. The van der Waals surface area contributed by atoms with Crippen LogP contribution in [0, 0.1) is 6.92 Å². The lowest BCUT2D eigenvalue weighted by molar-refractivity contribution is -0.180. The fraction of sp³-hybridized carbons (Fsp3) is 0.346. The molecule has 0 aliphatic carbocycles. The van der Waals surface area contributed by atoms with E-state index in [2.05, 4.69) is 23.7 Å². The van der Waals surface area contributed by atoms with E-state index in [0.717, 1.165) is 17.5 Å². The van der Waals surface area contributed by atoms with Gasteiger partial charge in [-0.25, -0.2) is 0 Å². The Balaban J connectivity index is 1.91. The van der Waals surface area contributed by atoms with Crippen molar-refractivity contribution in [1.82, 2.24) is 15.1 Å². The second kappa shape index (κ2) is 10.7. The Morgan fingerprint density at radius 3 is 2.50 bits per heavy atom. The Morgan fingerprint density at radius 2 is 1.88 bits per heavy atom. The number of carbonyl (C=O) groups excluding carboxylic acids is 1. The number of aromatic nitrogens is 2. The summed E-state index contributed by atoms with van der Waals surface area (Å²) in [5.74, 6) is 0.720. The van der Waals surface area contributed by atoms with Crippen LogP contribution in [0.2, 0.25) is 10.0 Å². The first-order valence-electron chi connectivity index (χ1n) is 11.3. The number of carbonyl (C=O) groups is 1. The fourth-order valence-corrected chi connectivity index (χ4v) is 4.78. The summed E-state index contributed by atoms with van der Waals surface area (Å²) in [6, 6.07) is 14.1. The maximum atomic E-state index is 13.9. The zero-order chi connectivity index (χ0) is 24.2. The quantitative estimate of drug-likeness (QED) is 0.318. The van der Waals surface area contributed by atoms with Crippen molar-refractivity contribution in [3.8, 4) is 0 Å². The van der Waals surface area contributed by atoms with Crippen molar-refractivity contribution >= 4 is 29.1 Å². The summed E-state index contributed by atoms with van der Waals surface area (Å²) in [4.78, 5) is 15.8. The minimum absolute atomic E-state index is 0.146. The highest BCUT2D eigenvalue weighted by molar-refractivity contribution is 6.30.